The lowest BCUT2D eigenvalue weighted by atomic mass is 10.1. The van der Waals surface area contributed by atoms with E-state index < -0.39 is 11.9 Å². The molecule has 0 bridgehead atoms. The van der Waals surface area contributed by atoms with Crippen LogP contribution in [0.15, 0.2) is 71.7 Å². The van der Waals surface area contributed by atoms with Gasteiger partial charge in [0, 0.05) is 22.4 Å². The predicted octanol–water partition coefficient (Wildman–Crippen LogP) is 4.06. The maximum Gasteiger partial charge on any atom is 0.357 e. The van der Waals surface area contributed by atoms with E-state index in [1.165, 1.54) is 18.9 Å². The number of methoxy groups -OCH3 is 2. The summed E-state index contributed by atoms with van der Waals surface area (Å²) in [5.41, 5.74) is 2.40. The molecule has 31 heavy (non-hydrogen) atoms. The van der Waals surface area contributed by atoms with Crippen LogP contribution in [0.3, 0.4) is 0 Å². The summed E-state index contributed by atoms with van der Waals surface area (Å²) in [6.07, 6.45) is 5.18. The Morgan fingerprint density at radius 2 is 1.74 bits per heavy atom. The van der Waals surface area contributed by atoms with Crippen LogP contribution >= 0.6 is 15.9 Å². The number of carbonyl (C=O) groups excluding carboxylic acids is 2. The average Bonchev–Trinajstić information content (AvgIpc) is 3.47. The zero-order chi connectivity index (χ0) is 22.0. The number of esters is 2. The Hall–Kier alpha value is -3.72. The van der Waals surface area contributed by atoms with Crippen LogP contribution in [0.2, 0.25) is 0 Å². The summed E-state index contributed by atoms with van der Waals surface area (Å²) < 4.78 is 13.9. The Morgan fingerprint density at radius 3 is 2.35 bits per heavy atom. The van der Waals surface area contributed by atoms with E-state index in [1.807, 2.05) is 47.2 Å². The van der Waals surface area contributed by atoms with Gasteiger partial charge in [-0.3, -0.25) is 0 Å². The molecule has 2 aromatic heterocycles. The van der Waals surface area contributed by atoms with Gasteiger partial charge in [0.1, 0.15) is 11.3 Å². The van der Waals surface area contributed by atoms with Crippen molar-refractivity contribution in [2.24, 2.45) is 0 Å². The number of hydrogen-bond acceptors (Lipinski definition) is 6. The molecule has 0 fully saturated rings. The van der Waals surface area contributed by atoms with E-state index in [0.717, 1.165) is 10.2 Å². The number of para-hydroxylation sites is 1. The molecule has 0 spiro atoms. The first kappa shape index (κ1) is 20.5. The SMILES string of the molecule is COC(=O)c1c(-c2ccc(-n3ccnc3)c(Br)c2)nn(-c2ccccc2)c1C(=O)OC. The van der Waals surface area contributed by atoms with Crippen LogP contribution < -0.4 is 0 Å². The third kappa shape index (κ3) is 3.75. The lowest BCUT2D eigenvalue weighted by molar-refractivity contribution is 0.0549. The molecule has 0 N–H and O–H groups in total. The van der Waals surface area contributed by atoms with Gasteiger partial charge in [0.25, 0.3) is 0 Å². The Labute approximate surface area is 186 Å². The minimum atomic E-state index is -0.697. The number of aromatic nitrogens is 4. The molecule has 0 saturated carbocycles. The molecule has 0 radical (unpaired) electrons. The van der Waals surface area contributed by atoms with Gasteiger partial charge in [-0.1, -0.05) is 24.3 Å². The third-order valence-electron chi connectivity index (χ3n) is 4.66. The van der Waals surface area contributed by atoms with E-state index in [-0.39, 0.29) is 11.3 Å². The Kier molecular flexibility index (Phi) is 5.68. The predicted molar refractivity (Wildman–Crippen MR) is 117 cm³/mol. The Balaban J connectivity index is 1.96. The molecular formula is C22H17BrN4O4. The second-order valence-corrected chi connectivity index (χ2v) is 7.29. The van der Waals surface area contributed by atoms with E-state index in [2.05, 4.69) is 26.0 Å². The fourth-order valence-corrected chi connectivity index (χ4v) is 3.81. The number of rotatable bonds is 5. The van der Waals surface area contributed by atoms with Gasteiger partial charge in [0.05, 0.1) is 31.9 Å². The molecule has 9 heteroatoms. The number of hydrogen-bond donors (Lipinski definition) is 0. The van der Waals surface area contributed by atoms with Crippen molar-refractivity contribution in [2.75, 3.05) is 14.2 Å². The van der Waals surface area contributed by atoms with Crippen molar-refractivity contribution in [1.82, 2.24) is 19.3 Å². The first-order chi connectivity index (χ1) is 15.0. The molecule has 0 amide bonds. The third-order valence-corrected chi connectivity index (χ3v) is 5.29. The van der Waals surface area contributed by atoms with E-state index in [0.29, 0.717) is 16.9 Å². The van der Waals surface area contributed by atoms with Crippen LogP contribution in [0.4, 0.5) is 0 Å². The van der Waals surface area contributed by atoms with Crippen LogP contribution in [0.25, 0.3) is 22.6 Å². The lowest BCUT2D eigenvalue weighted by Gasteiger charge is -2.08. The second-order valence-electron chi connectivity index (χ2n) is 6.44. The topological polar surface area (TPSA) is 88.2 Å². The van der Waals surface area contributed by atoms with Crippen molar-refractivity contribution < 1.29 is 19.1 Å². The zero-order valence-corrected chi connectivity index (χ0v) is 18.2. The van der Waals surface area contributed by atoms with Gasteiger partial charge < -0.3 is 14.0 Å². The van der Waals surface area contributed by atoms with Gasteiger partial charge in [-0.2, -0.15) is 5.10 Å². The molecule has 0 aliphatic carbocycles. The van der Waals surface area contributed by atoms with Gasteiger partial charge in [-0.25, -0.2) is 19.3 Å². The van der Waals surface area contributed by atoms with Gasteiger partial charge in [-0.05, 0) is 40.2 Å². The van der Waals surface area contributed by atoms with Crippen LogP contribution in [-0.4, -0.2) is 45.5 Å². The highest BCUT2D eigenvalue weighted by Gasteiger charge is 2.31. The van der Waals surface area contributed by atoms with Crippen molar-refractivity contribution in [3.05, 3.63) is 83.0 Å². The summed E-state index contributed by atoms with van der Waals surface area (Å²) in [5, 5.41) is 4.60. The van der Waals surface area contributed by atoms with Gasteiger partial charge in [0.15, 0.2) is 5.69 Å². The highest BCUT2D eigenvalue weighted by molar-refractivity contribution is 9.10. The van der Waals surface area contributed by atoms with Crippen molar-refractivity contribution in [2.45, 2.75) is 0 Å². The fourth-order valence-electron chi connectivity index (χ4n) is 3.22. The number of nitrogens with zero attached hydrogens (tertiary/aromatic N) is 4. The minimum Gasteiger partial charge on any atom is -0.465 e. The quantitative estimate of drug-likeness (QED) is 0.400. The number of ether oxygens (including phenoxy) is 2. The van der Waals surface area contributed by atoms with Crippen LogP contribution in [0.1, 0.15) is 20.8 Å². The highest BCUT2D eigenvalue weighted by Crippen LogP contribution is 2.32. The van der Waals surface area contributed by atoms with Gasteiger partial charge in [-0.15, -0.1) is 0 Å². The second kappa shape index (κ2) is 8.57. The summed E-state index contributed by atoms with van der Waals surface area (Å²) in [6.45, 7) is 0. The maximum absolute atomic E-state index is 12.7. The van der Waals surface area contributed by atoms with Crippen LogP contribution in [-0.2, 0) is 9.47 Å². The van der Waals surface area contributed by atoms with Crippen molar-refractivity contribution in [3.63, 3.8) is 0 Å². The van der Waals surface area contributed by atoms with E-state index in [9.17, 15) is 9.59 Å². The summed E-state index contributed by atoms with van der Waals surface area (Å²) in [7, 11) is 2.51. The number of carbonyl (C=O) groups is 2. The summed E-state index contributed by atoms with van der Waals surface area (Å²) in [4.78, 5) is 29.4. The minimum absolute atomic E-state index is 0.00893. The normalized spacial score (nSPS) is 10.7. The molecular weight excluding hydrogens is 464 g/mol. The molecule has 0 saturated heterocycles. The number of imidazole rings is 1. The molecule has 4 aromatic rings. The fraction of sp³-hybridized carbons (Fsp3) is 0.0909. The molecule has 0 aliphatic heterocycles. The summed E-state index contributed by atoms with van der Waals surface area (Å²) in [5.74, 6) is -1.38. The highest BCUT2D eigenvalue weighted by atomic mass is 79.9. The summed E-state index contributed by atoms with van der Waals surface area (Å²) >= 11 is 3.57. The Morgan fingerprint density at radius 1 is 1.00 bits per heavy atom. The van der Waals surface area contributed by atoms with E-state index in [1.54, 1.807) is 24.7 Å². The Bertz CT molecular complexity index is 1250. The molecule has 0 unspecified atom stereocenters. The molecule has 0 aliphatic rings. The van der Waals surface area contributed by atoms with Crippen molar-refractivity contribution in [3.8, 4) is 22.6 Å². The monoisotopic (exact) mass is 480 g/mol. The van der Waals surface area contributed by atoms with Gasteiger partial charge >= 0.3 is 11.9 Å². The average molecular weight is 481 g/mol. The smallest absolute Gasteiger partial charge is 0.357 e. The number of benzene rings is 2. The number of halogens is 1. The lowest BCUT2D eigenvalue weighted by Crippen LogP contribution is -2.15. The first-order valence-corrected chi connectivity index (χ1v) is 9.97. The van der Waals surface area contributed by atoms with Crippen LogP contribution in [0.5, 0.6) is 0 Å². The zero-order valence-electron chi connectivity index (χ0n) is 16.7. The maximum atomic E-state index is 12.7. The molecule has 8 nitrogen and oxygen atoms in total. The largest absolute Gasteiger partial charge is 0.465 e. The van der Waals surface area contributed by atoms with Crippen molar-refractivity contribution in [1.29, 1.82) is 0 Å². The first-order valence-electron chi connectivity index (χ1n) is 9.18. The molecule has 2 aromatic carbocycles. The molecule has 0 atom stereocenters. The standard InChI is InChI=1S/C22H17BrN4O4/c1-30-21(28)18-19(14-8-9-17(16(23)12-14)26-11-10-24-13-26)25-27(20(18)22(29)31-2)15-6-4-3-5-7-15/h3-13H,1-2H3. The molecule has 2 heterocycles. The van der Waals surface area contributed by atoms with Crippen molar-refractivity contribution >= 4 is 27.9 Å². The van der Waals surface area contributed by atoms with Crippen LogP contribution in [0, 0.1) is 0 Å². The molecule has 4 rings (SSSR count). The van der Waals surface area contributed by atoms with E-state index in [4.69, 9.17) is 9.47 Å². The summed E-state index contributed by atoms with van der Waals surface area (Å²) in [6, 6.07) is 14.5. The van der Waals surface area contributed by atoms with E-state index >= 15 is 0 Å². The van der Waals surface area contributed by atoms with Gasteiger partial charge in [0.2, 0.25) is 0 Å². The molecule has 156 valence electrons.